The van der Waals surface area contributed by atoms with Crippen molar-refractivity contribution in [3.63, 3.8) is 0 Å². The normalized spacial score (nSPS) is 14.1. The molecule has 1 aliphatic rings. The van der Waals surface area contributed by atoms with Gasteiger partial charge in [0.1, 0.15) is 11.6 Å². The molecule has 0 saturated carbocycles. The van der Waals surface area contributed by atoms with Gasteiger partial charge in [-0.2, -0.15) is 0 Å². The van der Waals surface area contributed by atoms with Gasteiger partial charge < -0.3 is 15.1 Å². The number of anilines is 3. The number of aromatic nitrogens is 4. The van der Waals surface area contributed by atoms with Gasteiger partial charge in [0.2, 0.25) is 5.95 Å². The van der Waals surface area contributed by atoms with E-state index in [1.807, 2.05) is 24.3 Å². The molecule has 1 aliphatic heterocycles. The number of piperazine rings is 1. The van der Waals surface area contributed by atoms with Crippen LogP contribution in [0.4, 0.5) is 17.6 Å². The molecule has 29 heavy (non-hydrogen) atoms. The predicted molar refractivity (Wildman–Crippen MR) is 117 cm³/mol. The van der Waals surface area contributed by atoms with E-state index in [0.29, 0.717) is 0 Å². The minimum atomic E-state index is 0.760. The lowest BCUT2D eigenvalue weighted by Gasteiger charge is -2.35. The molecule has 1 fully saturated rings. The molecule has 0 atom stereocenters. The third-order valence-electron chi connectivity index (χ3n) is 5.02. The Bertz CT molecular complexity index is 894. The van der Waals surface area contributed by atoms with Crippen molar-refractivity contribution in [1.82, 2.24) is 19.9 Å². The minimum Gasteiger partial charge on any atom is -0.370 e. The summed E-state index contributed by atoms with van der Waals surface area (Å²) in [4.78, 5) is 22.9. The van der Waals surface area contributed by atoms with E-state index < -0.39 is 0 Å². The molecule has 7 nitrogen and oxygen atoms in total. The van der Waals surface area contributed by atoms with E-state index in [1.54, 1.807) is 12.4 Å². The largest absolute Gasteiger partial charge is 0.370 e. The van der Waals surface area contributed by atoms with Crippen LogP contribution in [0.15, 0.2) is 54.9 Å². The van der Waals surface area contributed by atoms with Gasteiger partial charge in [0, 0.05) is 56.7 Å². The molecular formula is C22H27N7. The lowest BCUT2D eigenvalue weighted by atomic mass is 10.2. The van der Waals surface area contributed by atoms with Crippen molar-refractivity contribution < 1.29 is 0 Å². The van der Waals surface area contributed by atoms with Crippen LogP contribution in [-0.2, 0) is 0 Å². The second-order valence-electron chi connectivity index (χ2n) is 7.10. The van der Waals surface area contributed by atoms with E-state index in [2.05, 4.69) is 50.2 Å². The molecule has 3 heterocycles. The highest BCUT2D eigenvalue weighted by Crippen LogP contribution is 2.24. The fraction of sp³-hybridized carbons (Fsp3) is 0.364. The topological polar surface area (TPSA) is 70.1 Å². The van der Waals surface area contributed by atoms with Crippen molar-refractivity contribution in [2.24, 2.45) is 0 Å². The molecule has 0 aliphatic carbocycles. The summed E-state index contributed by atoms with van der Waals surface area (Å²) in [6.45, 7) is 6.59. The van der Waals surface area contributed by atoms with E-state index in [9.17, 15) is 0 Å². The summed E-state index contributed by atoms with van der Waals surface area (Å²) >= 11 is 0. The Morgan fingerprint density at radius 3 is 2.34 bits per heavy atom. The molecule has 1 aromatic carbocycles. The van der Waals surface area contributed by atoms with Gasteiger partial charge in [-0.1, -0.05) is 43.7 Å². The fourth-order valence-corrected chi connectivity index (χ4v) is 3.39. The second kappa shape index (κ2) is 9.32. The molecule has 4 rings (SSSR count). The van der Waals surface area contributed by atoms with Crippen molar-refractivity contribution in [3.05, 3.63) is 54.9 Å². The van der Waals surface area contributed by atoms with Gasteiger partial charge in [-0.25, -0.2) is 19.9 Å². The molecule has 3 aromatic rings. The quantitative estimate of drug-likeness (QED) is 0.621. The van der Waals surface area contributed by atoms with Crippen molar-refractivity contribution in [2.45, 2.75) is 19.8 Å². The van der Waals surface area contributed by atoms with Crippen LogP contribution in [0, 0.1) is 0 Å². The summed E-state index contributed by atoms with van der Waals surface area (Å²) in [5, 5.41) is 3.46. The van der Waals surface area contributed by atoms with Gasteiger partial charge in [-0.15, -0.1) is 0 Å². The Balaban J connectivity index is 1.53. The molecule has 0 amide bonds. The molecule has 7 heteroatoms. The first-order valence-corrected chi connectivity index (χ1v) is 10.3. The summed E-state index contributed by atoms with van der Waals surface area (Å²) in [5.74, 6) is 3.40. The maximum Gasteiger partial charge on any atom is 0.225 e. The molecule has 0 spiro atoms. The van der Waals surface area contributed by atoms with Crippen molar-refractivity contribution in [3.8, 4) is 11.4 Å². The SMILES string of the molecule is CCCCNc1cc(N2CCN(c3ncccn3)CC2)nc(-c2ccccc2)n1. The van der Waals surface area contributed by atoms with E-state index >= 15 is 0 Å². The van der Waals surface area contributed by atoms with Gasteiger partial charge in [-0.05, 0) is 12.5 Å². The number of rotatable bonds is 7. The highest BCUT2D eigenvalue weighted by molar-refractivity contribution is 5.62. The molecule has 1 saturated heterocycles. The molecule has 0 bridgehead atoms. The van der Waals surface area contributed by atoms with Crippen LogP contribution in [0.25, 0.3) is 11.4 Å². The van der Waals surface area contributed by atoms with Gasteiger partial charge in [0.25, 0.3) is 0 Å². The first-order chi connectivity index (χ1) is 14.3. The average Bonchev–Trinajstić information content (AvgIpc) is 2.80. The summed E-state index contributed by atoms with van der Waals surface area (Å²) in [6, 6.07) is 14.1. The van der Waals surface area contributed by atoms with Crippen LogP contribution < -0.4 is 15.1 Å². The van der Waals surface area contributed by atoms with E-state index in [4.69, 9.17) is 9.97 Å². The van der Waals surface area contributed by atoms with Crippen LogP contribution >= 0.6 is 0 Å². The molecular weight excluding hydrogens is 362 g/mol. The zero-order chi connectivity index (χ0) is 19.9. The zero-order valence-corrected chi connectivity index (χ0v) is 16.8. The van der Waals surface area contributed by atoms with Gasteiger partial charge in [0.05, 0.1) is 0 Å². The maximum absolute atomic E-state index is 4.88. The van der Waals surface area contributed by atoms with Crippen LogP contribution in [0.5, 0.6) is 0 Å². The Morgan fingerprint density at radius 2 is 1.62 bits per heavy atom. The average molecular weight is 390 g/mol. The summed E-state index contributed by atoms with van der Waals surface area (Å²) in [7, 11) is 0. The highest BCUT2D eigenvalue weighted by atomic mass is 15.3. The first kappa shape index (κ1) is 19.1. The molecule has 0 unspecified atom stereocenters. The third kappa shape index (κ3) is 4.80. The summed E-state index contributed by atoms with van der Waals surface area (Å²) < 4.78 is 0. The van der Waals surface area contributed by atoms with Gasteiger partial charge >= 0.3 is 0 Å². The van der Waals surface area contributed by atoms with Crippen molar-refractivity contribution >= 4 is 17.6 Å². The van der Waals surface area contributed by atoms with E-state index in [0.717, 1.165) is 74.5 Å². The first-order valence-electron chi connectivity index (χ1n) is 10.3. The number of benzene rings is 1. The van der Waals surface area contributed by atoms with Crippen LogP contribution in [0.2, 0.25) is 0 Å². The predicted octanol–water partition coefficient (Wildman–Crippen LogP) is 3.47. The Hall–Kier alpha value is -3.22. The van der Waals surface area contributed by atoms with E-state index in [-0.39, 0.29) is 0 Å². The van der Waals surface area contributed by atoms with Crippen LogP contribution in [0.3, 0.4) is 0 Å². The Kier molecular flexibility index (Phi) is 6.14. The van der Waals surface area contributed by atoms with E-state index in [1.165, 1.54) is 0 Å². The monoisotopic (exact) mass is 389 g/mol. The highest BCUT2D eigenvalue weighted by Gasteiger charge is 2.21. The second-order valence-corrected chi connectivity index (χ2v) is 7.10. The smallest absolute Gasteiger partial charge is 0.225 e. The molecule has 2 aromatic heterocycles. The standard InChI is InChI=1S/C22H27N7/c1-2-3-10-23-19-17-20(27-21(26-19)18-8-5-4-6-9-18)28-13-15-29(16-14-28)22-24-11-7-12-25-22/h4-9,11-12,17H,2-3,10,13-16H2,1H3,(H,23,26,27). The lowest BCUT2D eigenvalue weighted by molar-refractivity contribution is 0.634. The van der Waals surface area contributed by atoms with Gasteiger partial charge in [-0.3, -0.25) is 0 Å². The van der Waals surface area contributed by atoms with Crippen molar-refractivity contribution in [1.29, 1.82) is 0 Å². The number of hydrogen-bond donors (Lipinski definition) is 1. The molecule has 1 N–H and O–H groups in total. The third-order valence-corrected chi connectivity index (χ3v) is 5.02. The van der Waals surface area contributed by atoms with Crippen molar-refractivity contribution in [2.75, 3.05) is 47.8 Å². The minimum absolute atomic E-state index is 0.760. The number of nitrogens with one attached hydrogen (secondary N) is 1. The fourth-order valence-electron chi connectivity index (χ4n) is 3.39. The van der Waals surface area contributed by atoms with Crippen LogP contribution in [-0.4, -0.2) is 52.7 Å². The van der Waals surface area contributed by atoms with Gasteiger partial charge in [0.15, 0.2) is 5.82 Å². The maximum atomic E-state index is 4.88. The summed E-state index contributed by atoms with van der Waals surface area (Å²) in [5.41, 5.74) is 1.03. The number of hydrogen-bond acceptors (Lipinski definition) is 7. The zero-order valence-electron chi connectivity index (χ0n) is 16.8. The Morgan fingerprint density at radius 1 is 0.897 bits per heavy atom. The number of nitrogens with zero attached hydrogens (tertiary/aromatic N) is 6. The van der Waals surface area contributed by atoms with Crippen LogP contribution in [0.1, 0.15) is 19.8 Å². The molecule has 150 valence electrons. The Labute approximate surface area is 171 Å². The summed E-state index contributed by atoms with van der Waals surface area (Å²) in [6.07, 6.45) is 5.86. The number of unbranched alkanes of at least 4 members (excludes halogenated alkanes) is 1. The lowest BCUT2D eigenvalue weighted by Crippen LogP contribution is -2.47. The molecule has 0 radical (unpaired) electrons.